The third-order valence-corrected chi connectivity index (χ3v) is 3.89. The minimum absolute atomic E-state index is 0.0847. The van der Waals surface area contributed by atoms with Crippen LogP contribution in [-0.2, 0) is 19.1 Å². The summed E-state index contributed by atoms with van der Waals surface area (Å²) in [6, 6.07) is -1.06. The summed E-state index contributed by atoms with van der Waals surface area (Å²) in [5, 5.41) is 5.69. The molecule has 1 aliphatic heterocycles. The first-order valence-electron chi connectivity index (χ1n) is 8.08. The molecule has 0 aliphatic carbocycles. The second kappa shape index (κ2) is 8.98. The molecule has 0 aromatic carbocycles. The molecular formula is C16H29N3O4. The molecule has 132 valence electrons. The van der Waals surface area contributed by atoms with Crippen molar-refractivity contribution < 1.29 is 19.1 Å². The predicted molar refractivity (Wildman–Crippen MR) is 86.9 cm³/mol. The fourth-order valence-electron chi connectivity index (χ4n) is 2.56. The van der Waals surface area contributed by atoms with Gasteiger partial charge in [-0.1, -0.05) is 20.8 Å². The van der Waals surface area contributed by atoms with Gasteiger partial charge >= 0.3 is 0 Å². The third-order valence-electron chi connectivity index (χ3n) is 3.89. The van der Waals surface area contributed by atoms with Crippen LogP contribution >= 0.6 is 0 Å². The Bertz CT molecular complexity index is 420. The zero-order valence-electron chi connectivity index (χ0n) is 14.6. The molecule has 2 amide bonds. The first kappa shape index (κ1) is 19.6. The van der Waals surface area contributed by atoms with E-state index in [4.69, 9.17) is 4.74 Å². The van der Waals surface area contributed by atoms with E-state index in [1.807, 2.05) is 20.8 Å². The normalized spacial score (nSPS) is 19.5. The lowest BCUT2D eigenvalue weighted by Crippen LogP contribution is -2.56. The van der Waals surface area contributed by atoms with Gasteiger partial charge in [-0.25, -0.2) is 0 Å². The Hall–Kier alpha value is -1.47. The van der Waals surface area contributed by atoms with Crippen molar-refractivity contribution in [3.63, 3.8) is 0 Å². The number of hydrogen-bond acceptors (Lipinski definition) is 5. The number of aldehydes is 1. The molecule has 1 saturated heterocycles. The summed E-state index contributed by atoms with van der Waals surface area (Å²) in [5.41, 5.74) is -0.451. The predicted octanol–water partition coefficient (Wildman–Crippen LogP) is -0.0568. The lowest BCUT2D eigenvalue weighted by Gasteiger charge is -2.34. The number of carbonyl (C=O) groups excluding carboxylic acids is 3. The number of rotatable bonds is 8. The molecule has 0 aromatic rings. The lowest BCUT2D eigenvalue weighted by atomic mass is 9.85. The number of nitrogens with zero attached hydrogens (tertiary/aromatic N) is 1. The van der Waals surface area contributed by atoms with Gasteiger partial charge in [-0.15, -0.1) is 0 Å². The van der Waals surface area contributed by atoms with Crippen LogP contribution in [0.3, 0.4) is 0 Å². The Kier molecular flexibility index (Phi) is 7.64. The fourth-order valence-corrected chi connectivity index (χ4v) is 2.56. The average Bonchev–Trinajstić information content (AvgIpc) is 2.96. The second-order valence-corrected chi connectivity index (χ2v) is 6.90. The molecular weight excluding hydrogens is 298 g/mol. The van der Waals surface area contributed by atoms with Crippen molar-refractivity contribution in [3.8, 4) is 0 Å². The fraction of sp³-hybridized carbons (Fsp3) is 0.812. The molecule has 0 radical (unpaired) electrons. The van der Waals surface area contributed by atoms with E-state index in [0.29, 0.717) is 26.1 Å². The van der Waals surface area contributed by atoms with Gasteiger partial charge in [-0.2, -0.15) is 0 Å². The second-order valence-electron chi connectivity index (χ2n) is 6.90. The zero-order valence-corrected chi connectivity index (χ0v) is 14.6. The highest BCUT2D eigenvalue weighted by Crippen LogP contribution is 2.25. The number of carbonyl (C=O) groups is 3. The van der Waals surface area contributed by atoms with E-state index in [2.05, 4.69) is 10.6 Å². The SMILES string of the molecule is CNCCOCC(=O)NC(C(=O)N1CCC[C@H]1C=O)C(C)(C)C. The van der Waals surface area contributed by atoms with Crippen molar-refractivity contribution in [3.05, 3.63) is 0 Å². The topological polar surface area (TPSA) is 87.7 Å². The van der Waals surface area contributed by atoms with Crippen molar-refractivity contribution in [2.45, 2.75) is 45.7 Å². The van der Waals surface area contributed by atoms with Crippen molar-refractivity contribution in [2.75, 3.05) is 33.4 Å². The molecule has 2 atom stereocenters. The molecule has 1 fully saturated rings. The Labute approximate surface area is 138 Å². The third kappa shape index (κ3) is 5.91. The van der Waals surface area contributed by atoms with Gasteiger partial charge in [-0.05, 0) is 25.3 Å². The first-order chi connectivity index (χ1) is 10.8. The highest BCUT2D eigenvalue weighted by Gasteiger charge is 2.39. The smallest absolute Gasteiger partial charge is 0.246 e. The number of ether oxygens (including phenoxy) is 1. The summed E-state index contributed by atoms with van der Waals surface area (Å²) in [7, 11) is 1.80. The van der Waals surface area contributed by atoms with E-state index in [0.717, 1.165) is 12.7 Å². The molecule has 0 spiro atoms. The summed E-state index contributed by atoms with van der Waals surface area (Å²) >= 11 is 0. The Morgan fingerprint density at radius 3 is 2.65 bits per heavy atom. The molecule has 23 heavy (non-hydrogen) atoms. The average molecular weight is 327 g/mol. The molecule has 0 aromatic heterocycles. The van der Waals surface area contributed by atoms with Crippen molar-refractivity contribution in [2.24, 2.45) is 5.41 Å². The maximum atomic E-state index is 12.8. The van der Waals surface area contributed by atoms with Gasteiger partial charge in [0.25, 0.3) is 0 Å². The highest BCUT2D eigenvalue weighted by molar-refractivity contribution is 5.90. The largest absolute Gasteiger partial charge is 0.370 e. The van der Waals surface area contributed by atoms with Gasteiger partial charge in [-0.3, -0.25) is 9.59 Å². The number of nitrogens with one attached hydrogen (secondary N) is 2. The molecule has 0 bridgehead atoms. The van der Waals surface area contributed by atoms with Crippen LogP contribution in [0.5, 0.6) is 0 Å². The molecule has 0 saturated carbocycles. The Balaban J connectivity index is 2.67. The number of likely N-dealkylation sites (N-methyl/N-ethyl adjacent to an activating group) is 1. The summed E-state index contributed by atoms with van der Waals surface area (Å²) in [6.07, 6.45) is 2.31. The van der Waals surface area contributed by atoms with Crippen molar-refractivity contribution in [1.29, 1.82) is 0 Å². The zero-order chi connectivity index (χ0) is 17.5. The van der Waals surface area contributed by atoms with Crippen molar-refractivity contribution >= 4 is 18.1 Å². The molecule has 7 nitrogen and oxygen atoms in total. The van der Waals surface area contributed by atoms with E-state index in [1.54, 1.807) is 11.9 Å². The van der Waals surface area contributed by atoms with Gasteiger partial charge in [0.15, 0.2) is 0 Å². The maximum absolute atomic E-state index is 12.8. The monoisotopic (exact) mass is 327 g/mol. The maximum Gasteiger partial charge on any atom is 0.246 e. The first-order valence-corrected chi connectivity index (χ1v) is 8.08. The van der Waals surface area contributed by atoms with Gasteiger partial charge in [0.2, 0.25) is 11.8 Å². The molecule has 7 heteroatoms. The molecule has 1 rings (SSSR count). The van der Waals surface area contributed by atoms with E-state index >= 15 is 0 Å². The molecule has 1 heterocycles. The molecule has 2 N–H and O–H groups in total. The van der Waals surface area contributed by atoms with E-state index < -0.39 is 11.5 Å². The lowest BCUT2D eigenvalue weighted by molar-refractivity contribution is -0.142. The van der Waals surface area contributed by atoms with Crippen LogP contribution in [0.4, 0.5) is 0 Å². The highest BCUT2D eigenvalue weighted by atomic mass is 16.5. The van der Waals surface area contributed by atoms with Crippen molar-refractivity contribution in [1.82, 2.24) is 15.5 Å². The number of hydrogen-bond donors (Lipinski definition) is 2. The summed E-state index contributed by atoms with van der Waals surface area (Å²) in [6.45, 7) is 7.24. The van der Waals surface area contributed by atoms with Gasteiger partial charge in [0, 0.05) is 13.1 Å². The number of likely N-dealkylation sites (tertiary alicyclic amines) is 1. The van der Waals surface area contributed by atoms with Gasteiger partial charge < -0.3 is 25.1 Å². The van der Waals surface area contributed by atoms with Crippen LogP contribution in [0, 0.1) is 5.41 Å². The van der Waals surface area contributed by atoms with E-state index in [9.17, 15) is 14.4 Å². The minimum Gasteiger partial charge on any atom is -0.370 e. The quantitative estimate of drug-likeness (QED) is 0.482. The Morgan fingerprint density at radius 2 is 2.09 bits per heavy atom. The summed E-state index contributed by atoms with van der Waals surface area (Å²) in [4.78, 5) is 37.5. The van der Waals surface area contributed by atoms with Crippen LogP contribution in [0.25, 0.3) is 0 Å². The minimum atomic E-state index is -0.677. The van der Waals surface area contributed by atoms with Crippen LogP contribution in [0.2, 0.25) is 0 Å². The number of amides is 2. The van der Waals surface area contributed by atoms with E-state index in [-0.39, 0.29) is 24.5 Å². The molecule has 1 aliphatic rings. The standard InChI is InChI=1S/C16H29N3O4/c1-16(2,3)14(18-13(21)11-23-9-7-17-4)15(22)19-8-5-6-12(19)10-20/h10,12,14,17H,5-9,11H2,1-4H3,(H,18,21)/t12-,14?/m0/s1. The Morgan fingerprint density at radius 1 is 1.39 bits per heavy atom. The van der Waals surface area contributed by atoms with Crippen LogP contribution < -0.4 is 10.6 Å². The summed E-state index contributed by atoms with van der Waals surface area (Å²) < 4.78 is 5.24. The van der Waals surface area contributed by atoms with E-state index in [1.165, 1.54) is 0 Å². The van der Waals surface area contributed by atoms with Gasteiger partial charge in [0.05, 0.1) is 12.6 Å². The van der Waals surface area contributed by atoms with Gasteiger partial charge in [0.1, 0.15) is 18.9 Å². The van der Waals surface area contributed by atoms with Crippen LogP contribution in [-0.4, -0.2) is 68.4 Å². The molecule has 1 unspecified atom stereocenters. The van der Waals surface area contributed by atoms with Crippen LogP contribution in [0.15, 0.2) is 0 Å². The van der Waals surface area contributed by atoms with Crippen LogP contribution in [0.1, 0.15) is 33.6 Å². The summed E-state index contributed by atoms with van der Waals surface area (Å²) in [5.74, 6) is -0.521.